The number of rotatable bonds is 5. The van der Waals surface area contributed by atoms with E-state index in [0.29, 0.717) is 18.8 Å². The summed E-state index contributed by atoms with van der Waals surface area (Å²) in [6.07, 6.45) is 4.28. The van der Waals surface area contributed by atoms with Crippen LogP contribution in [0.2, 0.25) is 0 Å². The van der Waals surface area contributed by atoms with Crippen LogP contribution in [0.15, 0.2) is 18.2 Å². The van der Waals surface area contributed by atoms with Gasteiger partial charge in [0.25, 0.3) is 0 Å². The van der Waals surface area contributed by atoms with Crippen LogP contribution in [-0.2, 0) is 4.79 Å². The number of hydrogen-bond donors (Lipinski definition) is 2. The van der Waals surface area contributed by atoms with Gasteiger partial charge in [-0.2, -0.15) is 0 Å². The first kappa shape index (κ1) is 15.4. The highest BCUT2D eigenvalue weighted by molar-refractivity contribution is 5.76. The molecule has 0 bridgehead atoms. The van der Waals surface area contributed by atoms with E-state index in [1.807, 2.05) is 0 Å². The Labute approximate surface area is 129 Å². The summed E-state index contributed by atoms with van der Waals surface area (Å²) in [4.78, 5) is 12.0. The van der Waals surface area contributed by atoms with Gasteiger partial charge in [0.05, 0.1) is 0 Å². The molecule has 3 rings (SSSR count). The third-order valence-electron chi connectivity index (χ3n) is 4.75. The van der Waals surface area contributed by atoms with Gasteiger partial charge in [0.2, 0.25) is 5.91 Å². The molecule has 1 heterocycles. The number of carbonyl (C=O) groups excluding carboxylic acids is 1. The van der Waals surface area contributed by atoms with Crippen molar-refractivity contribution >= 4 is 5.91 Å². The van der Waals surface area contributed by atoms with Gasteiger partial charge in [-0.05, 0) is 56.8 Å². The van der Waals surface area contributed by atoms with Crippen molar-refractivity contribution in [3.8, 4) is 0 Å². The zero-order chi connectivity index (χ0) is 15.5. The average Bonchev–Trinajstić information content (AvgIpc) is 3.25. The molecule has 2 aliphatic rings. The number of benzene rings is 1. The molecule has 3 nitrogen and oxygen atoms in total. The van der Waals surface area contributed by atoms with E-state index in [1.54, 1.807) is 0 Å². The maximum absolute atomic E-state index is 13.7. The molecule has 2 fully saturated rings. The molecule has 1 aromatic rings. The maximum Gasteiger partial charge on any atom is 0.220 e. The third-order valence-corrected chi connectivity index (χ3v) is 4.75. The highest BCUT2D eigenvalue weighted by Gasteiger charge is 2.42. The smallest absolute Gasteiger partial charge is 0.220 e. The van der Waals surface area contributed by atoms with E-state index >= 15 is 0 Å². The summed E-state index contributed by atoms with van der Waals surface area (Å²) in [5.74, 6) is -0.634. The van der Waals surface area contributed by atoms with Crippen molar-refractivity contribution in [1.29, 1.82) is 0 Å². The summed E-state index contributed by atoms with van der Waals surface area (Å²) in [5, 5.41) is 6.22. The minimum Gasteiger partial charge on any atom is -0.353 e. The Hall–Kier alpha value is -1.49. The molecular formula is C17H22F2N2O. The molecule has 0 radical (unpaired) electrons. The summed E-state index contributed by atoms with van der Waals surface area (Å²) in [6.45, 7) is 2.06. The van der Waals surface area contributed by atoms with Gasteiger partial charge in [0.1, 0.15) is 11.6 Å². The molecule has 1 aliphatic carbocycles. The molecule has 2 unspecified atom stereocenters. The van der Waals surface area contributed by atoms with Gasteiger partial charge in [-0.25, -0.2) is 8.78 Å². The molecule has 2 N–H and O–H groups in total. The Kier molecular flexibility index (Phi) is 4.71. The molecule has 2 atom stereocenters. The van der Waals surface area contributed by atoms with E-state index < -0.39 is 11.6 Å². The van der Waals surface area contributed by atoms with Crippen LogP contribution < -0.4 is 10.6 Å². The van der Waals surface area contributed by atoms with Crippen LogP contribution in [0.1, 0.15) is 43.6 Å². The number of hydrogen-bond acceptors (Lipinski definition) is 2. The number of amides is 1. The van der Waals surface area contributed by atoms with E-state index in [4.69, 9.17) is 0 Å². The lowest BCUT2D eigenvalue weighted by Crippen LogP contribution is -2.30. The van der Waals surface area contributed by atoms with E-state index in [-0.39, 0.29) is 23.4 Å². The fraction of sp³-hybridized carbons (Fsp3) is 0.588. The van der Waals surface area contributed by atoms with Crippen LogP contribution in [-0.4, -0.2) is 25.0 Å². The Bertz CT molecular complexity index is 523. The first-order valence-electron chi connectivity index (χ1n) is 8.09. The summed E-state index contributed by atoms with van der Waals surface area (Å²) in [6, 6.07) is 3.79. The zero-order valence-electron chi connectivity index (χ0n) is 12.6. The fourth-order valence-electron chi connectivity index (χ4n) is 3.32. The number of nitrogens with one attached hydrogen (secondary N) is 2. The van der Waals surface area contributed by atoms with Crippen molar-refractivity contribution in [1.82, 2.24) is 10.6 Å². The number of piperidine rings is 1. The van der Waals surface area contributed by atoms with Gasteiger partial charge in [-0.1, -0.05) is 6.07 Å². The minimum absolute atomic E-state index is 0.00257. The van der Waals surface area contributed by atoms with Crippen molar-refractivity contribution in [3.63, 3.8) is 0 Å². The Morgan fingerprint density at radius 3 is 2.59 bits per heavy atom. The van der Waals surface area contributed by atoms with Crippen LogP contribution in [0.25, 0.3) is 0 Å². The second-order valence-electron chi connectivity index (χ2n) is 6.38. The third kappa shape index (κ3) is 3.64. The predicted molar refractivity (Wildman–Crippen MR) is 80.5 cm³/mol. The molecule has 1 saturated carbocycles. The fourth-order valence-corrected chi connectivity index (χ4v) is 3.32. The van der Waals surface area contributed by atoms with Crippen LogP contribution in [0.5, 0.6) is 0 Å². The summed E-state index contributed by atoms with van der Waals surface area (Å²) in [7, 11) is 0. The Balaban J connectivity index is 1.46. The lowest BCUT2D eigenvalue weighted by atomic mass is 9.93. The van der Waals surface area contributed by atoms with Gasteiger partial charge in [-0.3, -0.25) is 4.79 Å². The van der Waals surface area contributed by atoms with Gasteiger partial charge in [0, 0.05) is 23.9 Å². The molecule has 0 spiro atoms. The molecule has 1 amide bonds. The Morgan fingerprint density at radius 2 is 1.91 bits per heavy atom. The molecule has 120 valence electrons. The first-order chi connectivity index (χ1) is 10.6. The van der Waals surface area contributed by atoms with Gasteiger partial charge >= 0.3 is 0 Å². The van der Waals surface area contributed by atoms with Gasteiger partial charge in [0.15, 0.2) is 0 Å². The summed E-state index contributed by atoms with van der Waals surface area (Å²) < 4.78 is 27.4. The average molecular weight is 308 g/mol. The second-order valence-corrected chi connectivity index (χ2v) is 6.38. The SMILES string of the molecule is O=C(CCC1CCNCC1)NC1CC1c1c(F)cccc1F. The Morgan fingerprint density at radius 1 is 1.23 bits per heavy atom. The molecular weight excluding hydrogens is 286 g/mol. The van der Waals surface area contributed by atoms with Crippen LogP contribution in [0, 0.1) is 17.6 Å². The number of halogens is 2. The van der Waals surface area contributed by atoms with E-state index in [2.05, 4.69) is 10.6 Å². The quantitative estimate of drug-likeness (QED) is 0.878. The van der Waals surface area contributed by atoms with Crippen LogP contribution in [0.4, 0.5) is 8.78 Å². The van der Waals surface area contributed by atoms with Crippen molar-refractivity contribution in [3.05, 3.63) is 35.4 Å². The standard InChI is InChI=1S/C17H22F2N2O/c18-13-2-1-3-14(19)17(13)12-10-15(12)21-16(22)5-4-11-6-8-20-9-7-11/h1-3,11-12,15,20H,4-10H2,(H,21,22). The normalized spacial score (nSPS) is 25.0. The van der Waals surface area contributed by atoms with Crippen LogP contribution in [0.3, 0.4) is 0 Å². The molecule has 1 saturated heterocycles. The first-order valence-corrected chi connectivity index (χ1v) is 8.09. The molecule has 0 aromatic heterocycles. The highest BCUT2D eigenvalue weighted by atomic mass is 19.1. The van der Waals surface area contributed by atoms with Crippen molar-refractivity contribution in [2.75, 3.05) is 13.1 Å². The lowest BCUT2D eigenvalue weighted by Gasteiger charge is -2.22. The largest absolute Gasteiger partial charge is 0.353 e. The minimum atomic E-state index is -0.517. The van der Waals surface area contributed by atoms with Crippen molar-refractivity contribution in [2.24, 2.45) is 5.92 Å². The maximum atomic E-state index is 13.7. The predicted octanol–water partition coefficient (Wildman–Crippen LogP) is 2.72. The van der Waals surface area contributed by atoms with Crippen molar-refractivity contribution < 1.29 is 13.6 Å². The zero-order valence-corrected chi connectivity index (χ0v) is 12.6. The van der Waals surface area contributed by atoms with Gasteiger partial charge in [-0.15, -0.1) is 0 Å². The second kappa shape index (κ2) is 6.73. The highest BCUT2D eigenvalue weighted by Crippen LogP contribution is 2.43. The van der Waals surface area contributed by atoms with E-state index in [0.717, 1.165) is 32.4 Å². The van der Waals surface area contributed by atoms with Crippen molar-refractivity contribution in [2.45, 2.75) is 44.1 Å². The topological polar surface area (TPSA) is 41.1 Å². The summed E-state index contributed by atoms with van der Waals surface area (Å²) in [5.41, 5.74) is 0.117. The van der Waals surface area contributed by atoms with Crippen LogP contribution >= 0.6 is 0 Å². The van der Waals surface area contributed by atoms with E-state index in [1.165, 1.54) is 18.2 Å². The summed E-state index contributed by atoms with van der Waals surface area (Å²) >= 11 is 0. The molecule has 1 aliphatic heterocycles. The van der Waals surface area contributed by atoms with Gasteiger partial charge < -0.3 is 10.6 Å². The molecule has 1 aromatic carbocycles. The lowest BCUT2D eigenvalue weighted by molar-refractivity contribution is -0.121. The van der Waals surface area contributed by atoms with E-state index in [9.17, 15) is 13.6 Å². The molecule has 22 heavy (non-hydrogen) atoms. The number of carbonyl (C=O) groups is 1. The monoisotopic (exact) mass is 308 g/mol. The molecule has 5 heteroatoms.